The van der Waals surface area contributed by atoms with Crippen LogP contribution in [0, 0.1) is 11.8 Å². The molecule has 0 aromatic rings. The predicted octanol–water partition coefficient (Wildman–Crippen LogP) is 2.48. The molecule has 2 saturated carbocycles. The molecule has 0 bridgehead atoms. The zero-order valence-electron chi connectivity index (χ0n) is 9.78. The molecule has 3 atom stereocenters. The van der Waals surface area contributed by atoms with E-state index in [2.05, 4.69) is 6.92 Å². The highest BCUT2D eigenvalue weighted by molar-refractivity contribution is 4.95. The van der Waals surface area contributed by atoms with Crippen molar-refractivity contribution in [2.45, 2.75) is 70.0 Å². The van der Waals surface area contributed by atoms with Gasteiger partial charge in [-0.1, -0.05) is 32.6 Å². The first-order chi connectivity index (χ1) is 7.13. The number of hydrogen-bond donors (Lipinski definition) is 2. The van der Waals surface area contributed by atoms with Crippen LogP contribution in [0.1, 0.15) is 58.3 Å². The van der Waals surface area contributed by atoms with E-state index >= 15 is 0 Å². The van der Waals surface area contributed by atoms with Gasteiger partial charge in [0.1, 0.15) is 0 Å². The second kappa shape index (κ2) is 4.42. The smallest absolute Gasteiger partial charge is 0.0700 e. The largest absolute Gasteiger partial charge is 0.392 e. The van der Waals surface area contributed by atoms with Crippen LogP contribution in [0.4, 0.5) is 0 Å². The third kappa shape index (κ3) is 2.21. The maximum absolute atomic E-state index is 10.6. The highest BCUT2D eigenvalue weighted by Crippen LogP contribution is 2.43. The molecular weight excluding hydrogens is 188 g/mol. The fraction of sp³-hybridized carbons (Fsp3) is 1.00. The Labute approximate surface area is 92.7 Å². The Morgan fingerprint density at radius 3 is 2.33 bits per heavy atom. The zero-order valence-corrected chi connectivity index (χ0v) is 9.78. The molecule has 2 N–H and O–H groups in total. The predicted molar refractivity (Wildman–Crippen MR) is 60.5 cm³/mol. The van der Waals surface area contributed by atoms with Crippen LogP contribution in [0.3, 0.4) is 0 Å². The van der Waals surface area contributed by atoms with E-state index in [4.69, 9.17) is 0 Å². The summed E-state index contributed by atoms with van der Waals surface area (Å²) < 4.78 is 0. The molecule has 0 amide bonds. The van der Waals surface area contributed by atoms with Crippen LogP contribution < -0.4 is 0 Å². The Hall–Kier alpha value is -0.0800. The monoisotopic (exact) mass is 212 g/mol. The second-order valence-corrected chi connectivity index (χ2v) is 5.67. The molecule has 0 unspecified atom stereocenters. The molecule has 2 fully saturated rings. The summed E-state index contributed by atoms with van der Waals surface area (Å²) in [5.74, 6) is 0.510. The molecule has 0 heterocycles. The Bertz CT molecular complexity index is 209. The lowest BCUT2D eigenvalue weighted by molar-refractivity contribution is -0.121. The second-order valence-electron chi connectivity index (χ2n) is 5.67. The average Bonchev–Trinajstić information content (AvgIpc) is 2.23. The number of hydrogen-bond acceptors (Lipinski definition) is 2. The quantitative estimate of drug-likeness (QED) is 0.701. The van der Waals surface area contributed by atoms with Crippen LogP contribution in [-0.2, 0) is 0 Å². The minimum atomic E-state index is -0.549. The van der Waals surface area contributed by atoms with Gasteiger partial charge in [-0.25, -0.2) is 0 Å². The zero-order chi connectivity index (χ0) is 10.9. The van der Waals surface area contributed by atoms with Crippen molar-refractivity contribution in [2.75, 3.05) is 0 Å². The van der Waals surface area contributed by atoms with Gasteiger partial charge in [0.25, 0.3) is 0 Å². The maximum Gasteiger partial charge on any atom is 0.0700 e. The Kier molecular flexibility index (Phi) is 3.36. The summed E-state index contributed by atoms with van der Waals surface area (Å²) in [7, 11) is 0. The highest BCUT2D eigenvalue weighted by atomic mass is 16.3. The normalized spacial score (nSPS) is 41.4. The van der Waals surface area contributed by atoms with Crippen molar-refractivity contribution in [2.24, 2.45) is 11.8 Å². The van der Waals surface area contributed by atoms with Gasteiger partial charge in [0.05, 0.1) is 11.7 Å². The van der Waals surface area contributed by atoms with E-state index in [9.17, 15) is 10.2 Å². The standard InChI is InChI=1S/C13H24O2/c1-10-6-5-7-11(12(10)14)13(15)8-3-2-4-9-13/h10-12,14-15H,2-9H2,1H3/t10-,11+,12-/m1/s1. The van der Waals surface area contributed by atoms with Crippen LogP contribution in [0.15, 0.2) is 0 Å². The molecular formula is C13H24O2. The fourth-order valence-electron chi connectivity index (χ4n) is 3.52. The molecule has 0 aromatic carbocycles. The van der Waals surface area contributed by atoms with Gasteiger partial charge < -0.3 is 10.2 Å². The first-order valence-electron chi connectivity index (χ1n) is 6.54. The SMILES string of the molecule is C[C@@H]1CCC[C@H](C2(O)CCCCC2)[C@@H]1O. The van der Waals surface area contributed by atoms with Crippen LogP contribution in [0.5, 0.6) is 0 Å². The van der Waals surface area contributed by atoms with E-state index in [1.807, 2.05) is 0 Å². The minimum absolute atomic E-state index is 0.140. The maximum atomic E-state index is 10.6. The Morgan fingerprint density at radius 2 is 1.67 bits per heavy atom. The summed E-state index contributed by atoms with van der Waals surface area (Å²) in [5.41, 5.74) is -0.549. The van der Waals surface area contributed by atoms with Gasteiger partial charge in [0, 0.05) is 5.92 Å². The van der Waals surface area contributed by atoms with Gasteiger partial charge >= 0.3 is 0 Å². The Balaban J connectivity index is 2.06. The molecule has 0 radical (unpaired) electrons. The summed E-state index contributed by atoms with van der Waals surface area (Å²) in [6, 6.07) is 0. The van der Waals surface area contributed by atoms with Gasteiger partial charge in [-0.3, -0.25) is 0 Å². The Morgan fingerprint density at radius 1 is 1.00 bits per heavy atom. The van der Waals surface area contributed by atoms with Gasteiger partial charge in [-0.2, -0.15) is 0 Å². The van der Waals surface area contributed by atoms with E-state index in [1.165, 1.54) is 12.8 Å². The van der Waals surface area contributed by atoms with E-state index in [1.54, 1.807) is 0 Å². The van der Waals surface area contributed by atoms with Crippen LogP contribution in [0.2, 0.25) is 0 Å². The van der Waals surface area contributed by atoms with Crippen molar-refractivity contribution in [3.8, 4) is 0 Å². The molecule has 2 rings (SSSR count). The molecule has 0 saturated heterocycles. The van der Waals surface area contributed by atoms with E-state index in [0.717, 1.165) is 38.5 Å². The molecule has 0 aliphatic heterocycles. The lowest BCUT2D eigenvalue weighted by Crippen LogP contribution is -2.49. The third-order valence-electron chi connectivity index (χ3n) is 4.58. The van der Waals surface area contributed by atoms with Crippen molar-refractivity contribution >= 4 is 0 Å². The van der Waals surface area contributed by atoms with Crippen molar-refractivity contribution in [3.05, 3.63) is 0 Å². The lowest BCUT2D eigenvalue weighted by atomic mass is 9.66. The number of aliphatic hydroxyl groups excluding tert-OH is 1. The third-order valence-corrected chi connectivity index (χ3v) is 4.58. The van der Waals surface area contributed by atoms with Gasteiger partial charge in [0.2, 0.25) is 0 Å². The van der Waals surface area contributed by atoms with Crippen molar-refractivity contribution < 1.29 is 10.2 Å². The molecule has 15 heavy (non-hydrogen) atoms. The first kappa shape index (κ1) is 11.4. The molecule has 2 nitrogen and oxygen atoms in total. The van der Waals surface area contributed by atoms with Crippen molar-refractivity contribution in [3.63, 3.8) is 0 Å². The summed E-state index contributed by atoms with van der Waals surface area (Å²) in [4.78, 5) is 0. The molecule has 2 aliphatic carbocycles. The van der Waals surface area contributed by atoms with Crippen LogP contribution in [0.25, 0.3) is 0 Å². The minimum Gasteiger partial charge on any atom is -0.392 e. The average molecular weight is 212 g/mol. The molecule has 0 aromatic heterocycles. The summed E-state index contributed by atoms with van der Waals surface area (Å²) in [6.45, 7) is 2.11. The summed E-state index contributed by atoms with van der Waals surface area (Å²) in [6.07, 6.45) is 8.36. The fourth-order valence-corrected chi connectivity index (χ4v) is 3.52. The summed E-state index contributed by atoms with van der Waals surface area (Å²) >= 11 is 0. The highest BCUT2D eigenvalue weighted by Gasteiger charge is 2.44. The van der Waals surface area contributed by atoms with Crippen LogP contribution in [-0.4, -0.2) is 21.9 Å². The molecule has 88 valence electrons. The van der Waals surface area contributed by atoms with E-state index in [0.29, 0.717) is 5.92 Å². The number of aliphatic hydroxyl groups is 2. The topological polar surface area (TPSA) is 40.5 Å². The summed E-state index contributed by atoms with van der Waals surface area (Å²) in [5, 5.41) is 20.8. The van der Waals surface area contributed by atoms with Crippen molar-refractivity contribution in [1.82, 2.24) is 0 Å². The molecule has 0 spiro atoms. The van der Waals surface area contributed by atoms with Crippen LogP contribution >= 0.6 is 0 Å². The van der Waals surface area contributed by atoms with Gasteiger partial charge in [-0.05, 0) is 31.6 Å². The molecule has 2 aliphatic rings. The van der Waals surface area contributed by atoms with Gasteiger partial charge in [-0.15, -0.1) is 0 Å². The van der Waals surface area contributed by atoms with Crippen molar-refractivity contribution in [1.29, 1.82) is 0 Å². The van der Waals surface area contributed by atoms with Gasteiger partial charge in [0.15, 0.2) is 0 Å². The lowest BCUT2D eigenvalue weighted by Gasteiger charge is -2.45. The molecule has 2 heteroatoms. The first-order valence-corrected chi connectivity index (χ1v) is 6.54. The number of rotatable bonds is 1. The van der Waals surface area contributed by atoms with E-state index < -0.39 is 5.60 Å². The van der Waals surface area contributed by atoms with E-state index in [-0.39, 0.29) is 12.0 Å².